The molecule has 22 heavy (non-hydrogen) atoms. The van der Waals surface area contributed by atoms with Gasteiger partial charge >= 0.3 is 0 Å². The van der Waals surface area contributed by atoms with Gasteiger partial charge in [0.05, 0.1) is 5.52 Å². The van der Waals surface area contributed by atoms with Gasteiger partial charge in [0.1, 0.15) is 11.7 Å². The van der Waals surface area contributed by atoms with E-state index in [1.165, 1.54) is 4.90 Å². The molecule has 1 aromatic heterocycles. The molecule has 0 aliphatic heterocycles. The summed E-state index contributed by atoms with van der Waals surface area (Å²) in [6.07, 6.45) is 0.500. The maximum absolute atomic E-state index is 12.9. The zero-order valence-corrected chi connectivity index (χ0v) is 13.8. The van der Waals surface area contributed by atoms with E-state index in [1.807, 2.05) is 50.6 Å². The molecule has 0 aliphatic rings. The highest BCUT2D eigenvalue weighted by molar-refractivity contribution is 6.03. The van der Waals surface area contributed by atoms with Crippen molar-refractivity contribution in [3.8, 4) is 0 Å². The van der Waals surface area contributed by atoms with Crippen molar-refractivity contribution in [1.82, 2.24) is 9.47 Å². The molecule has 0 saturated carbocycles. The number of para-hydroxylation sites is 1. The first kappa shape index (κ1) is 16.1. The molecule has 1 aromatic carbocycles. The maximum Gasteiger partial charge on any atom is 0.271 e. The van der Waals surface area contributed by atoms with Gasteiger partial charge in [-0.2, -0.15) is 0 Å². The summed E-state index contributed by atoms with van der Waals surface area (Å²) >= 11 is 0. The third-order valence-electron chi connectivity index (χ3n) is 4.37. The molecule has 118 valence electrons. The van der Waals surface area contributed by atoms with Crippen LogP contribution in [0.4, 0.5) is 0 Å². The fraction of sp³-hybridized carbons (Fsp3) is 0.412. The van der Waals surface area contributed by atoms with Crippen molar-refractivity contribution >= 4 is 22.7 Å². The molecular weight excluding hydrogens is 278 g/mol. The van der Waals surface area contributed by atoms with Crippen molar-refractivity contribution in [2.75, 3.05) is 7.05 Å². The van der Waals surface area contributed by atoms with Gasteiger partial charge in [-0.25, -0.2) is 0 Å². The zero-order chi connectivity index (χ0) is 16.6. The van der Waals surface area contributed by atoms with E-state index < -0.39 is 11.9 Å². The van der Waals surface area contributed by atoms with Crippen molar-refractivity contribution in [1.29, 1.82) is 0 Å². The predicted molar refractivity (Wildman–Crippen MR) is 87.8 cm³/mol. The van der Waals surface area contributed by atoms with Crippen molar-refractivity contribution in [3.63, 3.8) is 0 Å². The Kier molecular flexibility index (Phi) is 4.26. The number of aromatic nitrogens is 1. The van der Waals surface area contributed by atoms with Gasteiger partial charge in [-0.3, -0.25) is 9.59 Å². The number of hydrogen-bond acceptors (Lipinski definition) is 2. The zero-order valence-electron chi connectivity index (χ0n) is 13.8. The molecule has 0 aliphatic carbocycles. The Morgan fingerprint density at radius 3 is 2.45 bits per heavy atom. The van der Waals surface area contributed by atoms with Crippen LogP contribution in [0.1, 0.15) is 35.0 Å². The number of carbonyl (C=O) groups excluding carboxylic acids is 2. The van der Waals surface area contributed by atoms with Gasteiger partial charge in [0, 0.05) is 19.5 Å². The molecule has 2 N–H and O–H groups in total. The van der Waals surface area contributed by atoms with Crippen molar-refractivity contribution in [3.05, 3.63) is 35.0 Å². The number of nitrogens with two attached hydrogens (primary N) is 1. The van der Waals surface area contributed by atoms with Gasteiger partial charge < -0.3 is 15.2 Å². The first-order valence-corrected chi connectivity index (χ1v) is 7.42. The summed E-state index contributed by atoms with van der Waals surface area (Å²) in [5, 5.41) is 1.06. The van der Waals surface area contributed by atoms with E-state index >= 15 is 0 Å². The number of nitrogens with zero attached hydrogens (tertiary/aromatic N) is 2. The van der Waals surface area contributed by atoms with Gasteiger partial charge in [0.2, 0.25) is 5.91 Å². The minimum absolute atomic E-state index is 0.179. The Morgan fingerprint density at radius 2 is 1.95 bits per heavy atom. The molecule has 0 spiro atoms. The number of amides is 2. The van der Waals surface area contributed by atoms with Crippen LogP contribution in [0.3, 0.4) is 0 Å². The van der Waals surface area contributed by atoms with Crippen molar-refractivity contribution < 1.29 is 9.59 Å². The standard InChI is InChI=1S/C17H23N3O2/c1-6-13(16(18)21)19(4)17(22)15-11(3)12-9-7-8-10(2)14(12)20(15)5/h7-9,13H,6H2,1-5H3,(H2,18,21). The highest BCUT2D eigenvalue weighted by Crippen LogP contribution is 2.28. The fourth-order valence-electron chi connectivity index (χ4n) is 3.18. The first-order chi connectivity index (χ1) is 10.3. The molecular formula is C17H23N3O2. The van der Waals surface area contributed by atoms with Gasteiger partial charge in [-0.15, -0.1) is 0 Å². The number of benzene rings is 1. The molecule has 0 fully saturated rings. The van der Waals surface area contributed by atoms with Crippen LogP contribution in [0.5, 0.6) is 0 Å². The average Bonchev–Trinajstić information content (AvgIpc) is 2.71. The van der Waals surface area contributed by atoms with Crippen LogP contribution < -0.4 is 5.73 Å². The summed E-state index contributed by atoms with van der Waals surface area (Å²) in [6, 6.07) is 5.43. The summed E-state index contributed by atoms with van der Waals surface area (Å²) in [4.78, 5) is 25.8. The number of fused-ring (bicyclic) bond motifs is 1. The fourth-order valence-corrected chi connectivity index (χ4v) is 3.18. The van der Waals surface area contributed by atoms with Gasteiger partial charge in [0.15, 0.2) is 0 Å². The molecule has 5 heteroatoms. The van der Waals surface area contributed by atoms with Crippen molar-refractivity contribution in [2.45, 2.75) is 33.2 Å². The smallest absolute Gasteiger partial charge is 0.271 e. The Morgan fingerprint density at radius 1 is 1.32 bits per heavy atom. The second kappa shape index (κ2) is 5.83. The summed E-state index contributed by atoms with van der Waals surface area (Å²) in [7, 11) is 3.51. The van der Waals surface area contributed by atoms with E-state index in [0.29, 0.717) is 12.1 Å². The van der Waals surface area contributed by atoms with E-state index in [4.69, 9.17) is 5.73 Å². The monoisotopic (exact) mass is 301 g/mol. The lowest BCUT2D eigenvalue weighted by Crippen LogP contribution is -2.45. The number of hydrogen-bond donors (Lipinski definition) is 1. The van der Waals surface area contributed by atoms with Gasteiger partial charge in [-0.05, 0) is 31.4 Å². The predicted octanol–water partition coefficient (Wildman–Crippen LogP) is 2.13. The number of aryl methyl sites for hydroxylation is 3. The summed E-state index contributed by atoms with van der Waals surface area (Å²) in [5.41, 5.74) is 9.09. The third-order valence-corrected chi connectivity index (χ3v) is 4.37. The lowest BCUT2D eigenvalue weighted by atomic mass is 10.1. The highest BCUT2D eigenvalue weighted by Gasteiger charge is 2.28. The summed E-state index contributed by atoms with van der Waals surface area (Å²) in [5.74, 6) is -0.660. The molecule has 2 amide bonds. The minimum Gasteiger partial charge on any atom is -0.368 e. The van der Waals surface area contributed by atoms with Crippen LogP contribution in [0.2, 0.25) is 0 Å². The van der Waals surface area contributed by atoms with Gasteiger partial charge in [-0.1, -0.05) is 25.1 Å². The van der Waals surface area contributed by atoms with E-state index in [1.54, 1.807) is 7.05 Å². The normalized spacial score (nSPS) is 12.4. The molecule has 2 aromatic rings. The molecule has 0 radical (unpaired) electrons. The Labute approximate surface area is 130 Å². The molecule has 0 bridgehead atoms. The Bertz CT molecular complexity index is 746. The van der Waals surface area contributed by atoms with Crippen molar-refractivity contribution in [2.24, 2.45) is 12.8 Å². The van der Waals surface area contributed by atoms with E-state index in [9.17, 15) is 9.59 Å². The van der Waals surface area contributed by atoms with Crippen LogP contribution in [0, 0.1) is 13.8 Å². The average molecular weight is 301 g/mol. The molecule has 1 heterocycles. The number of likely N-dealkylation sites (N-methyl/N-ethyl adjacent to an activating group) is 1. The summed E-state index contributed by atoms with van der Waals surface area (Å²) in [6.45, 7) is 5.81. The largest absolute Gasteiger partial charge is 0.368 e. The minimum atomic E-state index is -0.592. The Balaban J connectivity index is 2.58. The topological polar surface area (TPSA) is 68.3 Å². The van der Waals surface area contributed by atoms with Crippen LogP contribution in [0.25, 0.3) is 10.9 Å². The van der Waals surface area contributed by atoms with Crippen LogP contribution >= 0.6 is 0 Å². The third kappa shape index (κ3) is 2.36. The second-order valence-electron chi connectivity index (χ2n) is 5.75. The number of rotatable bonds is 4. The molecule has 0 saturated heterocycles. The van der Waals surface area contributed by atoms with Crippen LogP contribution in [-0.2, 0) is 11.8 Å². The maximum atomic E-state index is 12.9. The quantitative estimate of drug-likeness (QED) is 0.940. The number of carbonyl (C=O) groups is 2. The molecule has 2 rings (SSSR count). The van der Waals surface area contributed by atoms with Crippen LogP contribution in [-0.4, -0.2) is 34.4 Å². The van der Waals surface area contributed by atoms with E-state index in [0.717, 1.165) is 22.0 Å². The molecule has 5 nitrogen and oxygen atoms in total. The first-order valence-electron chi connectivity index (χ1n) is 7.42. The SMILES string of the molecule is CCC(C(N)=O)N(C)C(=O)c1c(C)c2cccc(C)c2n1C. The van der Waals surface area contributed by atoms with Gasteiger partial charge in [0.25, 0.3) is 5.91 Å². The molecule has 1 unspecified atom stereocenters. The second-order valence-corrected chi connectivity index (χ2v) is 5.75. The molecule has 1 atom stereocenters. The van der Waals surface area contributed by atoms with Crippen LogP contribution in [0.15, 0.2) is 18.2 Å². The Hall–Kier alpha value is -2.30. The lowest BCUT2D eigenvalue weighted by molar-refractivity contribution is -0.122. The number of primary amides is 1. The summed E-state index contributed by atoms with van der Waals surface area (Å²) < 4.78 is 1.91. The van der Waals surface area contributed by atoms with E-state index in [2.05, 4.69) is 0 Å². The lowest BCUT2D eigenvalue weighted by Gasteiger charge is -2.25. The highest BCUT2D eigenvalue weighted by atomic mass is 16.2. The van der Waals surface area contributed by atoms with E-state index in [-0.39, 0.29) is 5.91 Å².